The molecule has 0 aliphatic carbocycles. The average molecular weight is 440 g/mol. The predicted molar refractivity (Wildman–Crippen MR) is 124 cm³/mol. The van der Waals surface area contributed by atoms with Crippen LogP contribution >= 0.6 is 0 Å². The van der Waals surface area contributed by atoms with Gasteiger partial charge in [0, 0.05) is 55.4 Å². The van der Waals surface area contributed by atoms with E-state index in [2.05, 4.69) is 32.5 Å². The first-order valence-corrected chi connectivity index (χ1v) is 11.0. The fourth-order valence-corrected chi connectivity index (χ4v) is 4.37. The van der Waals surface area contributed by atoms with Crippen LogP contribution in [0.4, 0.5) is 10.1 Å². The van der Waals surface area contributed by atoms with E-state index in [1.165, 1.54) is 12.1 Å². The first-order chi connectivity index (χ1) is 15.3. The average Bonchev–Trinajstić information content (AvgIpc) is 3.21. The summed E-state index contributed by atoms with van der Waals surface area (Å²) in [4.78, 5) is 33.2. The van der Waals surface area contributed by atoms with Crippen molar-refractivity contribution in [2.75, 3.05) is 51.6 Å². The Morgan fingerprint density at radius 3 is 2.72 bits per heavy atom. The van der Waals surface area contributed by atoms with E-state index in [1.54, 1.807) is 12.1 Å². The van der Waals surface area contributed by atoms with Gasteiger partial charge in [-0.15, -0.1) is 0 Å². The lowest BCUT2D eigenvalue weighted by atomic mass is 10.0. The first kappa shape index (κ1) is 22.2. The molecule has 170 valence electrons. The minimum Gasteiger partial charge on any atom is -0.358 e. The van der Waals surface area contributed by atoms with Crippen LogP contribution in [0.2, 0.25) is 0 Å². The number of nitrogens with one attached hydrogen (secondary N) is 3. The maximum absolute atomic E-state index is 13.7. The highest BCUT2D eigenvalue weighted by Crippen LogP contribution is 2.34. The second kappa shape index (κ2) is 9.26. The third-order valence-electron chi connectivity index (χ3n) is 6.29. The molecule has 32 heavy (non-hydrogen) atoms. The highest BCUT2D eigenvalue weighted by Gasteiger charge is 2.26. The number of aromatic nitrogens is 1. The third-order valence-corrected chi connectivity index (χ3v) is 6.29. The molecule has 8 heteroatoms. The Morgan fingerprint density at radius 2 is 1.97 bits per heavy atom. The second-order valence-corrected chi connectivity index (χ2v) is 8.62. The molecule has 0 unspecified atom stereocenters. The molecule has 1 aromatic carbocycles. The van der Waals surface area contributed by atoms with Crippen molar-refractivity contribution < 1.29 is 14.0 Å². The first-order valence-electron chi connectivity index (χ1n) is 11.0. The number of H-pyrrole nitrogens is 1. The standard InChI is InChI=1S/C24H30FN5O2/c1-15-21(14-19-18-13-17(25)5-6-20(18)28-23(19)31)27-16(2)22(15)24(32)26-7-4-8-30-11-9-29(3)10-12-30/h5-6,13-14,27H,4,7-12H2,1-3H3,(H,26,32)(H,28,31)/b19-14-. The normalized spacial score (nSPS) is 18.1. The van der Waals surface area contributed by atoms with Gasteiger partial charge in [0.2, 0.25) is 0 Å². The van der Waals surface area contributed by atoms with Crippen molar-refractivity contribution in [1.82, 2.24) is 20.1 Å². The Labute approximate surface area is 187 Å². The van der Waals surface area contributed by atoms with Gasteiger partial charge in [0.15, 0.2) is 0 Å². The van der Waals surface area contributed by atoms with E-state index < -0.39 is 5.82 Å². The van der Waals surface area contributed by atoms with E-state index in [4.69, 9.17) is 0 Å². The molecule has 0 atom stereocenters. The second-order valence-electron chi connectivity index (χ2n) is 8.62. The summed E-state index contributed by atoms with van der Waals surface area (Å²) in [5.74, 6) is -0.809. The number of hydrogen-bond acceptors (Lipinski definition) is 4. The Morgan fingerprint density at radius 1 is 1.22 bits per heavy atom. The number of piperazine rings is 1. The van der Waals surface area contributed by atoms with Gasteiger partial charge in [0.05, 0.1) is 11.1 Å². The van der Waals surface area contributed by atoms with Crippen LogP contribution in [-0.4, -0.2) is 72.9 Å². The fraction of sp³-hybridized carbons (Fsp3) is 0.417. The van der Waals surface area contributed by atoms with Gasteiger partial charge < -0.3 is 25.4 Å². The van der Waals surface area contributed by atoms with Gasteiger partial charge in [-0.1, -0.05) is 0 Å². The molecule has 7 nitrogen and oxygen atoms in total. The number of likely N-dealkylation sites (N-methyl/N-ethyl adjacent to an activating group) is 1. The number of amides is 2. The topological polar surface area (TPSA) is 80.5 Å². The van der Waals surface area contributed by atoms with E-state index in [0.29, 0.717) is 34.6 Å². The van der Waals surface area contributed by atoms with Crippen molar-refractivity contribution in [3.63, 3.8) is 0 Å². The molecular formula is C24H30FN5O2. The molecule has 4 rings (SSSR count). The van der Waals surface area contributed by atoms with Crippen molar-refractivity contribution in [3.05, 3.63) is 52.1 Å². The molecule has 0 saturated carbocycles. The summed E-state index contributed by atoms with van der Waals surface area (Å²) >= 11 is 0. The maximum Gasteiger partial charge on any atom is 0.256 e. The zero-order valence-electron chi connectivity index (χ0n) is 18.8. The van der Waals surface area contributed by atoms with Gasteiger partial charge in [-0.3, -0.25) is 9.59 Å². The summed E-state index contributed by atoms with van der Waals surface area (Å²) in [6.45, 7) is 9.59. The Hall–Kier alpha value is -2.97. The Bertz CT molecular complexity index is 1070. The van der Waals surface area contributed by atoms with E-state index >= 15 is 0 Å². The van der Waals surface area contributed by atoms with Gasteiger partial charge in [-0.25, -0.2) is 4.39 Å². The summed E-state index contributed by atoms with van der Waals surface area (Å²) in [5, 5.41) is 5.77. The van der Waals surface area contributed by atoms with Crippen molar-refractivity contribution in [1.29, 1.82) is 0 Å². The van der Waals surface area contributed by atoms with E-state index in [0.717, 1.165) is 50.4 Å². The number of benzene rings is 1. The number of nitrogens with zero attached hydrogens (tertiary/aromatic N) is 2. The van der Waals surface area contributed by atoms with Crippen molar-refractivity contribution >= 4 is 29.2 Å². The van der Waals surface area contributed by atoms with E-state index in [-0.39, 0.29) is 11.8 Å². The molecule has 3 N–H and O–H groups in total. The summed E-state index contributed by atoms with van der Waals surface area (Å²) in [6.07, 6.45) is 2.59. The molecule has 2 amide bonds. The summed E-state index contributed by atoms with van der Waals surface area (Å²) in [7, 11) is 2.14. The van der Waals surface area contributed by atoms with Gasteiger partial charge in [-0.05, 0) is 63.7 Å². The zero-order chi connectivity index (χ0) is 22.8. The molecule has 0 spiro atoms. The lowest BCUT2D eigenvalue weighted by Gasteiger charge is -2.32. The molecule has 2 aliphatic rings. The molecule has 0 radical (unpaired) electrons. The molecule has 2 aliphatic heterocycles. The number of aromatic amines is 1. The lowest BCUT2D eigenvalue weighted by molar-refractivity contribution is -0.110. The fourth-order valence-electron chi connectivity index (χ4n) is 4.37. The van der Waals surface area contributed by atoms with Crippen LogP contribution in [0, 0.1) is 19.7 Å². The number of anilines is 1. The third kappa shape index (κ3) is 4.61. The summed E-state index contributed by atoms with van der Waals surface area (Å²) in [5.41, 5.74) is 4.26. The molecule has 1 aromatic heterocycles. The largest absolute Gasteiger partial charge is 0.358 e. The Kier molecular flexibility index (Phi) is 6.43. The van der Waals surface area contributed by atoms with Gasteiger partial charge in [0.25, 0.3) is 11.8 Å². The van der Waals surface area contributed by atoms with E-state index in [1.807, 2.05) is 13.8 Å². The highest BCUT2D eigenvalue weighted by molar-refractivity contribution is 6.34. The van der Waals surface area contributed by atoms with Crippen LogP contribution in [0.25, 0.3) is 11.6 Å². The zero-order valence-corrected chi connectivity index (χ0v) is 18.8. The molecule has 0 bridgehead atoms. The van der Waals surface area contributed by atoms with Gasteiger partial charge in [0.1, 0.15) is 5.82 Å². The number of halogens is 1. The quantitative estimate of drug-likeness (QED) is 0.478. The number of carbonyl (C=O) groups excluding carboxylic acids is 2. The smallest absolute Gasteiger partial charge is 0.256 e. The molecular weight excluding hydrogens is 409 g/mol. The number of aryl methyl sites for hydroxylation is 1. The number of hydrogen-bond donors (Lipinski definition) is 3. The maximum atomic E-state index is 13.7. The van der Waals surface area contributed by atoms with Gasteiger partial charge >= 0.3 is 0 Å². The Balaban J connectivity index is 1.42. The van der Waals surface area contributed by atoms with Crippen LogP contribution in [0.15, 0.2) is 18.2 Å². The minimum atomic E-state index is -0.401. The van der Waals surface area contributed by atoms with Crippen molar-refractivity contribution in [3.8, 4) is 0 Å². The minimum absolute atomic E-state index is 0.124. The van der Waals surface area contributed by atoms with Gasteiger partial charge in [-0.2, -0.15) is 0 Å². The summed E-state index contributed by atoms with van der Waals surface area (Å²) < 4.78 is 13.7. The van der Waals surface area contributed by atoms with Crippen molar-refractivity contribution in [2.24, 2.45) is 0 Å². The van der Waals surface area contributed by atoms with E-state index in [9.17, 15) is 14.0 Å². The monoisotopic (exact) mass is 439 g/mol. The SMILES string of the molecule is Cc1[nH]c(/C=C2\C(=O)Nc3ccc(F)cc32)c(C)c1C(=O)NCCCN1CCN(C)CC1. The van der Waals surface area contributed by atoms with Crippen LogP contribution in [0.5, 0.6) is 0 Å². The van der Waals surface area contributed by atoms with Crippen LogP contribution in [0.3, 0.4) is 0 Å². The lowest BCUT2D eigenvalue weighted by Crippen LogP contribution is -2.45. The molecule has 1 saturated heterocycles. The number of carbonyl (C=O) groups is 2. The molecule has 1 fully saturated rings. The molecule has 3 heterocycles. The summed E-state index contributed by atoms with van der Waals surface area (Å²) in [6, 6.07) is 4.22. The van der Waals surface area contributed by atoms with Crippen LogP contribution in [0.1, 0.15) is 39.3 Å². The highest BCUT2D eigenvalue weighted by atomic mass is 19.1. The van der Waals surface area contributed by atoms with Crippen LogP contribution in [-0.2, 0) is 4.79 Å². The number of rotatable bonds is 6. The predicted octanol–water partition coefficient (Wildman–Crippen LogP) is 2.63. The van der Waals surface area contributed by atoms with Crippen LogP contribution < -0.4 is 10.6 Å². The van der Waals surface area contributed by atoms with Crippen molar-refractivity contribution in [2.45, 2.75) is 20.3 Å². The number of fused-ring (bicyclic) bond motifs is 1. The molecule has 2 aromatic rings.